The molecule has 226 valence electrons. The molecule has 2 N–H and O–H groups in total. The molecule has 0 radical (unpaired) electrons. The van der Waals surface area contributed by atoms with Crippen LogP contribution in [0.4, 0.5) is 0 Å². The largest absolute Gasteiger partial charge is 0.490 e. The van der Waals surface area contributed by atoms with E-state index in [0.29, 0.717) is 30.2 Å². The lowest BCUT2D eigenvalue weighted by molar-refractivity contribution is -0.148. The van der Waals surface area contributed by atoms with Gasteiger partial charge in [0.2, 0.25) is 0 Å². The van der Waals surface area contributed by atoms with Crippen LogP contribution in [0.5, 0.6) is 11.5 Å². The van der Waals surface area contributed by atoms with Gasteiger partial charge in [-0.15, -0.1) is 0 Å². The third kappa shape index (κ3) is 12.8. The standard InChI is InChI=1S/C33H48N2O6/c1-6-7-8-9-10-12-27-15-16-30(39-18-20-41-33(37)26(3)24-35-5)22-31(27)28-13-11-14-29(21-28)38-17-19-40-32(36)25(2)23-34-4/h11,13-16,21-22,26,34-35H,2,6-10,12,17-20,23-24H2,1,3-5H3. The lowest BCUT2D eigenvalue weighted by Crippen LogP contribution is -2.26. The highest BCUT2D eigenvalue weighted by Gasteiger charge is 2.14. The summed E-state index contributed by atoms with van der Waals surface area (Å²) >= 11 is 0. The van der Waals surface area contributed by atoms with Crippen molar-refractivity contribution in [2.45, 2.75) is 52.4 Å². The molecule has 8 heteroatoms. The Morgan fingerprint density at radius 1 is 0.854 bits per heavy atom. The molecule has 0 saturated carbocycles. The molecule has 0 aromatic heterocycles. The maximum atomic E-state index is 12.0. The van der Waals surface area contributed by atoms with Gasteiger partial charge in [0.25, 0.3) is 0 Å². The van der Waals surface area contributed by atoms with Gasteiger partial charge in [-0.1, -0.05) is 64.3 Å². The molecule has 0 aliphatic carbocycles. The second-order valence-corrected chi connectivity index (χ2v) is 10.1. The maximum Gasteiger partial charge on any atom is 0.334 e. The van der Waals surface area contributed by atoms with Crippen LogP contribution in [0, 0.1) is 5.92 Å². The van der Waals surface area contributed by atoms with Gasteiger partial charge in [0.1, 0.15) is 37.9 Å². The van der Waals surface area contributed by atoms with Crippen molar-refractivity contribution in [3.63, 3.8) is 0 Å². The summed E-state index contributed by atoms with van der Waals surface area (Å²) in [4.78, 5) is 24.0. The van der Waals surface area contributed by atoms with Crippen molar-refractivity contribution in [3.05, 3.63) is 60.2 Å². The number of hydrogen-bond donors (Lipinski definition) is 2. The van der Waals surface area contributed by atoms with Gasteiger partial charge in [0, 0.05) is 18.7 Å². The van der Waals surface area contributed by atoms with E-state index in [0.717, 1.165) is 24.0 Å². The van der Waals surface area contributed by atoms with Crippen molar-refractivity contribution >= 4 is 11.9 Å². The van der Waals surface area contributed by atoms with E-state index >= 15 is 0 Å². The number of rotatable bonds is 21. The topological polar surface area (TPSA) is 95.1 Å². The van der Waals surface area contributed by atoms with Crippen molar-refractivity contribution in [2.24, 2.45) is 5.92 Å². The summed E-state index contributed by atoms with van der Waals surface area (Å²) in [6.45, 7) is 9.56. The summed E-state index contributed by atoms with van der Waals surface area (Å²) in [5.41, 5.74) is 3.72. The monoisotopic (exact) mass is 568 g/mol. The van der Waals surface area contributed by atoms with Crippen LogP contribution in [0.25, 0.3) is 11.1 Å². The second-order valence-electron chi connectivity index (χ2n) is 10.1. The number of benzene rings is 2. The SMILES string of the molecule is C=C(CNC)C(=O)OCCOc1cccc(-c2cc(OCCOC(=O)C(C)CNC)ccc2CCCCCCC)c1. The quantitative estimate of drug-likeness (QED) is 0.118. The Hall–Kier alpha value is -3.36. The maximum absolute atomic E-state index is 12.0. The van der Waals surface area contributed by atoms with Gasteiger partial charge in [-0.25, -0.2) is 4.79 Å². The van der Waals surface area contributed by atoms with Crippen molar-refractivity contribution in [1.82, 2.24) is 10.6 Å². The fourth-order valence-electron chi connectivity index (χ4n) is 4.32. The van der Waals surface area contributed by atoms with Crippen molar-refractivity contribution in [2.75, 3.05) is 53.6 Å². The number of likely N-dealkylation sites (N-methyl/N-ethyl adjacent to an activating group) is 1. The average Bonchev–Trinajstić information content (AvgIpc) is 2.98. The smallest absolute Gasteiger partial charge is 0.334 e. The average molecular weight is 569 g/mol. The minimum atomic E-state index is -0.431. The summed E-state index contributed by atoms with van der Waals surface area (Å²) in [7, 11) is 3.56. The normalized spacial score (nSPS) is 11.5. The van der Waals surface area contributed by atoms with Crippen molar-refractivity contribution in [1.29, 1.82) is 0 Å². The minimum absolute atomic E-state index is 0.135. The zero-order valence-corrected chi connectivity index (χ0v) is 25.3. The zero-order valence-electron chi connectivity index (χ0n) is 25.3. The van der Waals surface area contributed by atoms with Crippen LogP contribution < -0.4 is 20.1 Å². The fourth-order valence-corrected chi connectivity index (χ4v) is 4.32. The molecule has 0 aliphatic rings. The summed E-state index contributed by atoms with van der Waals surface area (Å²) in [5.74, 6) is 0.531. The van der Waals surface area contributed by atoms with Crippen molar-refractivity contribution in [3.8, 4) is 22.6 Å². The van der Waals surface area contributed by atoms with E-state index in [2.05, 4.69) is 36.3 Å². The first-order valence-electron chi connectivity index (χ1n) is 14.7. The first-order chi connectivity index (χ1) is 19.9. The van der Waals surface area contributed by atoms with Crippen molar-refractivity contribution < 1.29 is 28.5 Å². The molecule has 0 fully saturated rings. The summed E-state index contributed by atoms with van der Waals surface area (Å²) in [6.07, 6.45) is 7.01. The van der Waals surface area contributed by atoms with Crippen LogP contribution in [-0.4, -0.2) is 65.6 Å². The Morgan fingerprint density at radius 3 is 2.27 bits per heavy atom. The predicted octanol–water partition coefficient (Wildman–Crippen LogP) is 5.34. The van der Waals surface area contributed by atoms with E-state index < -0.39 is 5.97 Å². The molecule has 0 bridgehead atoms. The fraction of sp³-hybridized carbons (Fsp3) is 0.515. The van der Waals surface area contributed by atoms with E-state index in [-0.39, 0.29) is 38.3 Å². The Bertz CT molecular complexity index is 1090. The molecule has 2 aromatic carbocycles. The van der Waals surface area contributed by atoms with E-state index in [1.165, 1.54) is 31.2 Å². The van der Waals surface area contributed by atoms with Crippen LogP contribution >= 0.6 is 0 Å². The molecule has 0 aliphatic heterocycles. The number of aryl methyl sites for hydroxylation is 1. The zero-order chi connectivity index (χ0) is 29.9. The van der Waals surface area contributed by atoms with Gasteiger partial charge >= 0.3 is 11.9 Å². The lowest BCUT2D eigenvalue weighted by atomic mass is 9.95. The molecular formula is C33H48N2O6. The molecule has 2 aromatic rings. The molecule has 8 nitrogen and oxygen atoms in total. The molecular weight excluding hydrogens is 520 g/mol. The highest BCUT2D eigenvalue weighted by molar-refractivity contribution is 5.88. The molecule has 1 atom stereocenters. The Morgan fingerprint density at radius 2 is 1.56 bits per heavy atom. The number of carbonyl (C=O) groups is 2. The Labute approximate surface area is 245 Å². The van der Waals surface area contributed by atoms with Gasteiger partial charge in [0.15, 0.2) is 0 Å². The lowest BCUT2D eigenvalue weighted by Gasteiger charge is -2.15. The van der Waals surface area contributed by atoms with Crippen LogP contribution in [0.15, 0.2) is 54.6 Å². The van der Waals surface area contributed by atoms with Gasteiger partial charge < -0.3 is 29.6 Å². The van der Waals surface area contributed by atoms with Crippen LogP contribution in [0.1, 0.15) is 51.5 Å². The predicted molar refractivity (Wildman–Crippen MR) is 163 cm³/mol. The molecule has 41 heavy (non-hydrogen) atoms. The summed E-state index contributed by atoms with van der Waals surface area (Å²) in [5, 5.41) is 5.86. The van der Waals surface area contributed by atoms with E-state index in [1.807, 2.05) is 44.3 Å². The number of carbonyl (C=O) groups excluding carboxylic acids is 2. The van der Waals surface area contributed by atoms with Gasteiger partial charge in [0.05, 0.1) is 5.92 Å². The Balaban J connectivity index is 2.06. The number of ether oxygens (including phenoxy) is 4. The highest BCUT2D eigenvalue weighted by Crippen LogP contribution is 2.31. The van der Waals surface area contributed by atoms with Gasteiger partial charge in [-0.2, -0.15) is 0 Å². The van der Waals surface area contributed by atoms with Gasteiger partial charge in [-0.3, -0.25) is 4.79 Å². The molecule has 0 heterocycles. The third-order valence-electron chi connectivity index (χ3n) is 6.55. The number of esters is 2. The molecule has 2 rings (SSSR count). The molecule has 0 amide bonds. The van der Waals surface area contributed by atoms with Crippen LogP contribution in [-0.2, 0) is 25.5 Å². The first kappa shape index (κ1) is 33.8. The second kappa shape index (κ2) is 19.7. The van der Waals surface area contributed by atoms with E-state index in [9.17, 15) is 9.59 Å². The van der Waals surface area contributed by atoms with E-state index in [4.69, 9.17) is 18.9 Å². The van der Waals surface area contributed by atoms with Crippen LogP contribution in [0.2, 0.25) is 0 Å². The molecule has 1 unspecified atom stereocenters. The minimum Gasteiger partial charge on any atom is -0.490 e. The number of nitrogens with one attached hydrogen (secondary N) is 2. The summed E-state index contributed by atoms with van der Waals surface area (Å²) < 4.78 is 22.4. The summed E-state index contributed by atoms with van der Waals surface area (Å²) in [6, 6.07) is 14.0. The van der Waals surface area contributed by atoms with Crippen LogP contribution in [0.3, 0.4) is 0 Å². The number of unbranched alkanes of at least 4 members (excludes halogenated alkanes) is 4. The number of hydrogen-bond acceptors (Lipinski definition) is 8. The highest BCUT2D eigenvalue weighted by atomic mass is 16.6. The molecule has 0 spiro atoms. The van der Waals surface area contributed by atoms with Gasteiger partial charge in [-0.05, 0) is 67.9 Å². The first-order valence-corrected chi connectivity index (χ1v) is 14.7. The third-order valence-corrected chi connectivity index (χ3v) is 6.55. The Kier molecular flexibility index (Phi) is 16.2. The van der Waals surface area contributed by atoms with E-state index in [1.54, 1.807) is 7.05 Å². The molecule has 0 saturated heterocycles.